The summed E-state index contributed by atoms with van der Waals surface area (Å²) in [6, 6.07) is 17.0. The summed E-state index contributed by atoms with van der Waals surface area (Å²) in [6.07, 6.45) is 5.54. The average Bonchev–Trinajstić information content (AvgIpc) is 2.77. The lowest BCUT2D eigenvalue weighted by atomic mass is 9.91. The summed E-state index contributed by atoms with van der Waals surface area (Å²) in [7, 11) is 0. The fraction of sp³-hybridized carbons (Fsp3) is 0.520. The molecule has 0 amide bonds. The first-order chi connectivity index (χ1) is 14.3. The Morgan fingerprint density at radius 3 is 2.76 bits per heavy atom. The van der Waals surface area contributed by atoms with Crippen LogP contribution >= 0.6 is 0 Å². The average molecular weight is 395 g/mol. The number of nitrogens with zero attached hydrogens (tertiary/aromatic N) is 1. The lowest BCUT2D eigenvalue weighted by Crippen LogP contribution is -2.38. The van der Waals surface area contributed by atoms with Crippen LogP contribution in [-0.4, -0.2) is 48.9 Å². The molecule has 2 aromatic rings. The number of fused-ring (bicyclic) bond motifs is 1. The molecule has 2 aliphatic heterocycles. The van der Waals surface area contributed by atoms with E-state index in [0.29, 0.717) is 13.2 Å². The molecule has 0 spiro atoms. The molecule has 0 radical (unpaired) electrons. The van der Waals surface area contributed by atoms with E-state index < -0.39 is 6.10 Å². The molecule has 2 aliphatic rings. The van der Waals surface area contributed by atoms with Crippen LogP contribution in [0.4, 0.5) is 0 Å². The van der Waals surface area contributed by atoms with Crippen LogP contribution in [0, 0.1) is 5.92 Å². The number of β-amino-alcohol motifs (C(OH)–C–C–N with tert-alkyl or cyclic N) is 1. The Balaban J connectivity index is 1.21. The molecule has 1 atom stereocenters. The Morgan fingerprint density at radius 2 is 1.90 bits per heavy atom. The van der Waals surface area contributed by atoms with Crippen LogP contribution < -0.4 is 10.1 Å². The van der Waals surface area contributed by atoms with Gasteiger partial charge in [0, 0.05) is 19.6 Å². The number of piperidine rings is 1. The number of benzene rings is 2. The number of hydrogen-bond donors (Lipinski definition) is 2. The van der Waals surface area contributed by atoms with Crippen molar-refractivity contribution in [1.29, 1.82) is 0 Å². The van der Waals surface area contributed by atoms with Crippen molar-refractivity contribution in [2.45, 2.75) is 44.8 Å². The zero-order chi connectivity index (χ0) is 19.9. The maximum Gasteiger partial charge on any atom is 0.119 e. The second-order valence-corrected chi connectivity index (χ2v) is 8.60. The molecule has 2 heterocycles. The normalized spacial score (nSPS) is 18.9. The first kappa shape index (κ1) is 20.4. The molecule has 1 unspecified atom stereocenters. The SMILES string of the molecule is OC(COc1cccc(CCC2CCNCC2)c1)CN1CCc2ccccc2C1. The molecule has 4 nitrogen and oxygen atoms in total. The van der Waals surface area contributed by atoms with Crippen molar-refractivity contribution in [2.24, 2.45) is 5.92 Å². The Morgan fingerprint density at radius 1 is 1.07 bits per heavy atom. The van der Waals surface area contributed by atoms with Gasteiger partial charge < -0.3 is 15.2 Å². The Bertz CT molecular complexity index is 773. The van der Waals surface area contributed by atoms with Crippen LogP contribution in [0.5, 0.6) is 5.75 Å². The van der Waals surface area contributed by atoms with Gasteiger partial charge in [-0.3, -0.25) is 4.90 Å². The quantitative estimate of drug-likeness (QED) is 0.720. The van der Waals surface area contributed by atoms with Gasteiger partial charge in [0.2, 0.25) is 0 Å². The van der Waals surface area contributed by atoms with Gasteiger partial charge in [0.25, 0.3) is 0 Å². The van der Waals surface area contributed by atoms with Crippen molar-refractivity contribution in [1.82, 2.24) is 10.2 Å². The number of rotatable bonds is 8. The third kappa shape index (κ3) is 6.05. The molecule has 0 saturated carbocycles. The number of aliphatic hydroxyl groups excluding tert-OH is 1. The third-order valence-corrected chi connectivity index (χ3v) is 6.32. The van der Waals surface area contributed by atoms with Gasteiger partial charge >= 0.3 is 0 Å². The maximum atomic E-state index is 10.5. The highest BCUT2D eigenvalue weighted by Gasteiger charge is 2.19. The highest BCUT2D eigenvalue weighted by atomic mass is 16.5. The number of ether oxygens (including phenoxy) is 1. The van der Waals surface area contributed by atoms with Crippen molar-refractivity contribution in [3.63, 3.8) is 0 Å². The van der Waals surface area contributed by atoms with E-state index in [-0.39, 0.29) is 0 Å². The van der Waals surface area contributed by atoms with E-state index in [9.17, 15) is 5.11 Å². The summed E-state index contributed by atoms with van der Waals surface area (Å²) in [4.78, 5) is 2.33. The second kappa shape index (κ2) is 10.2. The molecule has 4 rings (SSSR count). The minimum atomic E-state index is -0.473. The Kier molecular flexibility index (Phi) is 7.20. The molecule has 2 N–H and O–H groups in total. The zero-order valence-corrected chi connectivity index (χ0v) is 17.4. The summed E-state index contributed by atoms with van der Waals surface area (Å²) < 4.78 is 5.92. The van der Waals surface area contributed by atoms with E-state index in [1.54, 1.807) is 0 Å². The van der Waals surface area contributed by atoms with Crippen LogP contribution in [0.2, 0.25) is 0 Å². The molecule has 1 saturated heterocycles. The number of hydrogen-bond acceptors (Lipinski definition) is 4. The fourth-order valence-corrected chi connectivity index (χ4v) is 4.59. The van der Waals surface area contributed by atoms with Crippen molar-refractivity contribution in [2.75, 3.05) is 32.8 Å². The monoisotopic (exact) mass is 394 g/mol. The first-order valence-electron chi connectivity index (χ1n) is 11.2. The van der Waals surface area contributed by atoms with Crippen LogP contribution in [-0.2, 0) is 19.4 Å². The molecular weight excluding hydrogens is 360 g/mol. The maximum absolute atomic E-state index is 10.5. The van der Waals surface area contributed by atoms with E-state index >= 15 is 0 Å². The highest BCUT2D eigenvalue weighted by Crippen LogP contribution is 2.22. The van der Waals surface area contributed by atoms with Gasteiger partial charge in [-0.05, 0) is 79.9 Å². The van der Waals surface area contributed by atoms with Gasteiger partial charge in [-0.15, -0.1) is 0 Å². The Labute approximate surface area is 174 Å². The molecular formula is C25H34N2O2. The predicted molar refractivity (Wildman–Crippen MR) is 117 cm³/mol. The predicted octanol–water partition coefficient (Wildman–Crippen LogP) is 3.42. The van der Waals surface area contributed by atoms with Gasteiger partial charge in [0.05, 0.1) is 0 Å². The van der Waals surface area contributed by atoms with Gasteiger partial charge in [-0.1, -0.05) is 36.4 Å². The summed E-state index contributed by atoms with van der Waals surface area (Å²) >= 11 is 0. The summed E-state index contributed by atoms with van der Waals surface area (Å²) in [6.45, 7) is 5.24. The number of nitrogens with one attached hydrogen (secondary N) is 1. The number of aryl methyl sites for hydroxylation is 1. The Hall–Kier alpha value is -1.88. The van der Waals surface area contributed by atoms with E-state index in [1.165, 1.54) is 36.0 Å². The van der Waals surface area contributed by atoms with Crippen LogP contribution in [0.1, 0.15) is 36.0 Å². The minimum absolute atomic E-state index is 0.343. The third-order valence-electron chi connectivity index (χ3n) is 6.32. The minimum Gasteiger partial charge on any atom is -0.491 e. The van der Waals surface area contributed by atoms with Crippen LogP contribution in [0.25, 0.3) is 0 Å². The van der Waals surface area contributed by atoms with Gasteiger partial charge in [-0.2, -0.15) is 0 Å². The smallest absolute Gasteiger partial charge is 0.119 e. The molecule has 0 aromatic heterocycles. The van der Waals surface area contributed by atoms with Crippen molar-refractivity contribution >= 4 is 0 Å². The standard InChI is InChI=1S/C25H34N2O2/c28-24(18-27-15-12-22-5-1-2-6-23(22)17-27)19-29-25-7-3-4-21(16-25)9-8-20-10-13-26-14-11-20/h1-7,16,20,24,26,28H,8-15,17-19H2. The zero-order valence-electron chi connectivity index (χ0n) is 17.4. The van der Waals surface area contributed by atoms with Crippen molar-refractivity contribution in [3.05, 3.63) is 65.2 Å². The largest absolute Gasteiger partial charge is 0.491 e. The summed E-state index contributed by atoms with van der Waals surface area (Å²) in [5.41, 5.74) is 4.16. The van der Waals surface area contributed by atoms with Crippen LogP contribution in [0.3, 0.4) is 0 Å². The van der Waals surface area contributed by atoms with Crippen molar-refractivity contribution in [3.8, 4) is 5.75 Å². The van der Waals surface area contributed by atoms with E-state index in [0.717, 1.165) is 50.7 Å². The van der Waals surface area contributed by atoms with Gasteiger partial charge in [0.15, 0.2) is 0 Å². The molecule has 156 valence electrons. The lowest BCUT2D eigenvalue weighted by Gasteiger charge is -2.30. The molecule has 4 heteroatoms. The first-order valence-corrected chi connectivity index (χ1v) is 11.2. The topological polar surface area (TPSA) is 44.7 Å². The van der Waals surface area contributed by atoms with E-state index in [4.69, 9.17) is 4.74 Å². The van der Waals surface area contributed by atoms with Crippen molar-refractivity contribution < 1.29 is 9.84 Å². The molecule has 0 aliphatic carbocycles. The van der Waals surface area contributed by atoms with E-state index in [2.05, 4.69) is 52.7 Å². The molecule has 1 fully saturated rings. The molecule has 2 aromatic carbocycles. The molecule has 29 heavy (non-hydrogen) atoms. The van der Waals surface area contributed by atoms with Crippen LogP contribution in [0.15, 0.2) is 48.5 Å². The second-order valence-electron chi connectivity index (χ2n) is 8.60. The fourth-order valence-electron chi connectivity index (χ4n) is 4.59. The summed E-state index contributed by atoms with van der Waals surface area (Å²) in [5.74, 6) is 1.72. The summed E-state index contributed by atoms with van der Waals surface area (Å²) in [5, 5.41) is 13.9. The number of aliphatic hydroxyl groups is 1. The highest BCUT2D eigenvalue weighted by molar-refractivity contribution is 5.29. The lowest BCUT2D eigenvalue weighted by molar-refractivity contribution is 0.0637. The van der Waals surface area contributed by atoms with E-state index in [1.807, 2.05) is 6.07 Å². The van der Waals surface area contributed by atoms with Gasteiger partial charge in [-0.25, -0.2) is 0 Å². The van der Waals surface area contributed by atoms with Gasteiger partial charge in [0.1, 0.15) is 18.5 Å². The molecule has 0 bridgehead atoms.